The van der Waals surface area contributed by atoms with Crippen LogP contribution in [-0.2, 0) is 49.8 Å². The van der Waals surface area contributed by atoms with Crippen molar-refractivity contribution in [3.05, 3.63) is 0 Å². The van der Waals surface area contributed by atoms with E-state index >= 15 is 0 Å². The normalized spacial score (nSPS) is 0. The van der Waals surface area contributed by atoms with Gasteiger partial charge in [0.1, 0.15) is 0 Å². The zero-order valence-electron chi connectivity index (χ0n) is 0.966. The molecule has 0 nitrogen and oxygen atoms in total. The number of hydrogen-bond donors (Lipinski definition) is 0. The quantitative estimate of drug-likeness (QED) is 0.439. The van der Waals surface area contributed by atoms with E-state index in [1.807, 2.05) is 0 Å². The first-order valence-corrected chi connectivity index (χ1v) is 0. The summed E-state index contributed by atoms with van der Waals surface area (Å²) in [5, 5.41) is 0. The van der Waals surface area contributed by atoms with Crippen molar-refractivity contribution in [1.29, 1.82) is 0 Å². The van der Waals surface area contributed by atoms with Gasteiger partial charge in [0.05, 0.1) is 0 Å². The molecule has 0 aromatic rings. The maximum absolute atomic E-state index is 0. The minimum atomic E-state index is 0. The molecule has 4 heavy (non-hydrogen) atoms. The average molecular weight is 184 g/mol. The van der Waals surface area contributed by atoms with Crippen molar-refractivity contribution in [2.45, 2.75) is 0 Å². The van der Waals surface area contributed by atoms with Gasteiger partial charge in [0.2, 0.25) is 0 Å². The van der Waals surface area contributed by atoms with Crippen LogP contribution in [0, 0.1) is 0 Å². The van der Waals surface area contributed by atoms with Crippen LogP contribution in [0.1, 0.15) is 0 Å². The molecule has 0 saturated heterocycles. The van der Waals surface area contributed by atoms with Crippen molar-refractivity contribution in [2.75, 3.05) is 0 Å². The smallest absolute Gasteiger partial charge is 0 e. The summed E-state index contributed by atoms with van der Waals surface area (Å²) in [7, 11) is 0. The van der Waals surface area contributed by atoms with E-state index in [4.69, 9.17) is 0 Å². The van der Waals surface area contributed by atoms with Gasteiger partial charge in [0.15, 0.2) is 0 Å². The molecule has 0 aliphatic carbocycles. The molecule has 0 fully saturated rings. The second kappa shape index (κ2) is 19.5. The van der Waals surface area contributed by atoms with Gasteiger partial charge in [0.25, 0.3) is 0 Å². The van der Waals surface area contributed by atoms with E-state index in [-0.39, 0.29) is 68.6 Å². The number of rotatable bonds is 0. The molecule has 0 bridgehead atoms. The van der Waals surface area contributed by atoms with Crippen LogP contribution >= 0.6 is 0 Å². The summed E-state index contributed by atoms with van der Waals surface area (Å²) in [5.41, 5.74) is 0. The summed E-state index contributed by atoms with van der Waals surface area (Å²) in [6.45, 7) is 0. The van der Waals surface area contributed by atoms with Crippen LogP contribution in [0.4, 0.5) is 0 Å². The fourth-order valence-corrected chi connectivity index (χ4v) is 0. The first kappa shape index (κ1) is 36.1. The van der Waals surface area contributed by atoms with Crippen molar-refractivity contribution in [3.63, 3.8) is 0 Å². The van der Waals surface area contributed by atoms with Crippen molar-refractivity contribution in [2.24, 2.45) is 0 Å². The minimum Gasteiger partial charge on any atom is 0 e. The van der Waals surface area contributed by atoms with Gasteiger partial charge in [-0.3, -0.25) is 0 Å². The molecule has 0 atom stereocenters. The molecule has 1 radical (unpaired) electrons. The molecule has 0 aromatic heterocycles. The summed E-state index contributed by atoms with van der Waals surface area (Å²) in [6.07, 6.45) is 0. The predicted molar refractivity (Wildman–Crippen MR) is 7.15 cm³/mol. The Balaban J connectivity index is 0. The van der Waals surface area contributed by atoms with E-state index in [2.05, 4.69) is 0 Å². The van der Waals surface area contributed by atoms with Crippen molar-refractivity contribution >= 4 is 18.9 Å². The Labute approximate surface area is 68.1 Å². The van der Waals surface area contributed by atoms with Crippen molar-refractivity contribution in [3.8, 4) is 0 Å². The van der Waals surface area contributed by atoms with E-state index in [1.165, 1.54) is 0 Å². The second-order valence-electron chi connectivity index (χ2n) is 0. The molecule has 0 aliphatic heterocycles. The van der Waals surface area contributed by atoms with Gasteiger partial charge in [-0.2, -0.15) is 0 Å². The third-order valence-corrected chi connectivity index (χ3v) is 0. The van der Waals surface area contributed by atoms with Crippen molar-refractivity contribution in [1.82, 2.24) is 0 Å². The van der Waals surface area contributed by atoms with Gasteiger partial charge in [-0.25, -0.2) is 0 Å². The molecule has 0 heterocycles. The summed E-state index contributed by atoms with van der Waals surface area (Å²) in [5.74, 6) is 0. The molecule has 0 spiro atoms. The van der Waals surface area contributed by atoms with E-state index < -0.39 is 0 Å². The fraction of sp³-hybridized carbons (Fsp3) is 0. The van der Waals surface area contributed by atoms with Crippen LogP contribution in [0.15, 0.2) is 0 Å². The molecule has 0 aliphatic rings. The van der Waals surface area contributed by atoms with Gasteiger partial charge < -0.3 is 0 Å². The third kappa shape index (κ3) is 8.94. The Morgan fingerprint density at radius 3 is 0.750 bits per heavy atom. The molecular weight excluding hydrogens is 183 g/mol. The molecule has 4 heteroatoms. The maximum atomic E-state index is 0. The van der Waals surface area contributed by atoms with E-state index in [9.17, 15) is 0 Å². The van der Waals surface area contributed by atoms with Crippen LogP contribution in [0.25, 0.3) is 0 Å². The molecule has 0 saturated carbocycles. The summed E-state index contributed by atoms with van der Waals surface area (Å²) >= 11 is 0. The Kier molecular flexibility index (Phi) is 176. The van der Waals surface area contributed by atoms with E-state index in [0.29, 0.717) is 0 Å². The molecular formula is HCoLiNi2. The van der Waals surface area contributed by atoms with Gasteiger partial charge in [-0.15, -0.1) is 0 Å². The van der Waals surface area contributed by atoms with Crippen LogP contribution in [-0.4, -0.2) is 18.9 Å². The molecule has 31 valence electrons. The third-order valence-electron chi connectivity index (χ3n) is 0. The molecule has 0 unspecified atom stereocenters. The average Bonchev–Trinajstić information content (AvgIpc) is 0. The molecule has 0 N–H and O–H groups in total. The SMILES string of the molecule is [Co].[LiH].[Ni].[Ni]. The molecule has 0 aromatic carbocycles. The van der Waals surface area contributed by atoms with Gasteiger partial charge >= 0.3 is 18.9 Å². The van der Waals surface area contributed by atoms with Gasteiger partial charge in [0, 0.05) is 49.8 Å². The minimum absolute atomic E-state index is 0. The van der Waals surface area contributed by atoms with E-state index in [0.717, 1.165) is 0 Å². The first-order chi connectivity index (χ1) is 0. The van der Waals surface area contributed by atoms with Crippen LogP contribution in [0.2, 0.25) is 0 Å². The first-order valence-electron chi connectivity index (χ1n) is 0. The Hall–Kier alpha value is 2.09. The Morgan fingerprint density at radius 2 is 0.750 bits per heavy atom. The maximum Gasteiger partial charge on any atom is 0 e. The van der Waals surface area contributed by atoms with Gasteiger partial charge in [-0.1, -0.05) is 0 Å². The van der Waals surface area contributed by atoms with Crippen molar-refractivity contribution < 1.29 is 49.8 Å². The largest absolute Gasteiger partial charge is 0 e. The van der Waals surface area contributed by atoms with E-state index in [1.54, 1.807) is 0 Å². The summed E-state index contributed by atoms with van der Waals surface area (Å²) in [6, 6.07) is 0. The Morgan fingerprint density at radius 1 is 0.750 bits per heavy atom. The summed E-state index contributed by atoms with van der Waals surface area (Å²) in [4.78, 5) is 0. The second-order valence-corrected chi connectivity index (χ2v) is 0. The van der Waals surface area contributed by atoms with Crippen LogP contribution in [0.5, 0.6) is 0 Å². The molecule has 0 rings (SSSR count). The predicted octanol–water partition coefficient (Wildman–Crippen LogP) is -0.656. The summed E-state index contributed by atoms with van der Waals surface area (Å²) < 4.78 is 0. The number of hydrogen-bond acceptors (Lipinski definition) is 0. The zero-order chi connectivity index (χ0) is 0. The molecule has 0 amide bonds. The standard InChI is InChI=1S/Co.Li.2Ni.H. The Bertz CT molecular complexity index is 6.00. The monoisotopic (exact) mass is 183 g/mol. The van der Waals surface area contributed by atoms with Crippen LogP contribution < -0.4 is 0 Å². The fourth-order valence-electron chi connectivity index (χ4n) is 0. The topological polar surface area (TPSA) is 0 Å². The van der Waals surface area contributed by atoms with Gasteiger partial charge in [-0.05, 0) is 0 Å². The zero-order valence-corrected chi connectivity index (χ0v) is 3.98. The van der Waals surface area contributed by atoms with Crippen LogP contribution in [0.3, 0.4) is 0 Å².